The van der Waals surface area contributed by atoms with Crippen molar-refractivity contribution in [3.63, 3.8) is 0 Å². The average molecular weight is 361 g/mol. The molecule has 26 heavy (non-hydrogen) atoms. The van der Waals surface area contributed by atoms with E-state index in [1.165, 1.54) is 0 Å². The Labute approximate surface area is 152 Å². The number of hydrogen-bond donors (Lipinski definition) is 1. The molecule has 0 spiro atoms. The van der Waals surface area contributed by atoms with E-state index in [4.69, 9.17) is 9.47 Å². The first-order valence-electron chi connectivity index (χ1n) is 8.75. The minimum atomic E-state index is -0.846. The highest BCUT2D eigenvalue weighted by Crippen LogP contribution is 2.31. The van der Waals surface area contributed by atoms with E-state index < -0.39 is 6.10 Å². The molecule has 1 N–H and O–H groups in total. The van der Waals surface area contributed by atoms with Crippen LogP contribution in [0.4, 0.5) is 10.5 Å². The van der Waals surface area contributed by atoms with Gasteiger partial charge in [-0.15, -0.1) is 0 Å². The first-order chi connectivity index (χ1) is 12.5. The molecule has 8 heteroatoms. The molecule has 1 fully saturated rings. The fourth-order valence-electron chi connectivity index (χ4n) is 3.04. The van der Waals surface area contributed by atoms with Crippen LogP contribution in [0.1, 0.15) is 18.9 Å². The maximum Gasteiger partial charge on any atom is 0.409 e. The second-order valence-corrected chi connectivity index (χ2v) is 6.37. The van der Waals surface area contributed by atoms with Crippen molar-refractivity contribution in [1.82, 2.24) is 9.80 Å². The molecule has 1 aromatic carbocycles. The van der Waals surface area contributed by atoms with Crippen molar-refractivity contribution in [1.29, 1.82) is 0 Å². The van der Waals surface area contributed by atoms with Crippen LogP contribution in [-0.4, -0.2) is 66.6 Å². The fourth-order valence-corrected chi connectivity index (χ4v) is 3.04. The molecule has 1 unspecified atom stereocenters. The lowest BCUT2D eigenvalue weighted by atomic mass is 10.1. The number of piperazine rings is 1. The van der Waals surface area contributed by atoms with Crippen LogP contribution in [0.15, 0.2) is 18.2 Å². The van der Waals surface area contributed by atoms with Gasteiger partial charge in [-0.25, -0.2) is 4.79 Å². The molecule has 3 amide bonds. The maximum atomic E-state index is 12.5. The molecule has 1 aromatic rings. The third-order valence-corrected chi connectivity index (χ3v) is 4.47. The SMILES string of the molecule is CCOC(=O)N1CCN(C(=O)CC2Oc3ccc(C)cc3NC2=O)CC1. The van der Waals surface area contributed by atoms with Crippen LogP contribution in [0, 0.1) is 6.92 Å². The number of anilines is 1. The molecule has 1 saturated heterocycles. The Morgan fingerprint density at radius 1 is 1.23 bits per heavy atom. The molecule has 2 heterocycles. The molecule has 0 bridgehead atoms. The lowest BCUT2D eigenvalue weighted by Gasteiger charge is -2.35. The third-order valence-electron chi connectivity index (χ3n) is 4.47. The highest BCUT2D eigenvalue weighted by atomic mass is 16.6. The molecule has 3 rings (SSSR count). The van der Waals surface area contributed by atoms with E-state index in [0.717, 1.165) is 5.56 Å². The fraction of sp³-hybridized carbons (Fsp3) is 0.500. The number of aryl methyl sites for hydroxylation is 1. The van der Waals surface area contributed by atoms with Crippen LogP contribution >= 0.6 is 0 Å². The van der Waals surface area contributed by atoms with Crippen LogP contribution in [0.3, 0.4) is 0 Å². The van der Waals surface area contributed by atoms with Gasteiger partial charge >= 0.3 is 6.09 Å². The van der Waals surface area contributed by atoms with Gasteiger partial charge in [0.15, 0.2) is 6.10 Å². The number of nitrogens with one attached hydrogen (secondary N) is 1. The zero-order valence-electron chi connectivity index (χ0n) is 15.0. The van der Waals surface area contributed by atoms with E-state index in [1.54, 1.807) is 22.8 Å². The summed E-state index contributed by atoms with van der Waals surface area (Å²) in [6.45, 7) is 5.69. The summed E-state index contributed by atoms with van der Waals surface area (Å²) in [5.41, 5.74) is 1.64. The molecule has 0 aliphatic carbocycles. The number of amides is 3. The second-order valence-electron chi connectivity index (χ2n) is 6.37. The molecule has 0 aromatic heterocycles. The van der Waals surface area contributed by atoms with Crippen LogP contribution in [-0.2, 0) is 14.3 Å². The number of ether oxygens (including phenoxy) is 2. The number of benzene rings is 1. The minimum Gasteiger partial charge on any atom is -0.478 e. The summed E-state index contributed by atoms with van der Waals surface area (Å²) in [6.07, 6.45) is -1.24. The quantitative estimate of drug-likeness (QED) is 0.879. The number of hydrogen-bond acceptors (Lipinski definition) is 5. The average Bonchev–Trinajstić information content (AvgIpc) is 2.63. The molecular weight excluding hydrogens is 338 g/mol. The van der Waals surface area contributed by atoms with E-state index in [9.17, 15) is 14.4 Å². The van der Waals surface area contributed by atoms with Gasteiger partial charge in [-0.2, -0.15) is 0 Å². The lowest BCUT2D eigenvalue weighted by molar-refractivity contribution is -0.138. The standard InChI is InChI=1S/C18H23N3O5/c1-3-25-18(24)21-8-6-20(7-9-21)16(22)11-15-17(23)19-13-10-12(2)4-5-14(13)26-15/h4-5,10,15H,3,6-9,11H2,1-2H3,(H,19,23). The van der Waals surface area contributed by atoms with Gasteiger partial charge in [0.2, 0.25) is 5.91 Å². The molecule has 0 saturated carbocycles. The van der Waals surface area contributed by atoms with Crippen molar-refractivity contribution < 1.29 is 23.9 Å². The van der Waals surface area contributed by atoms with Crippen molar-refractivity contribution in [2.45, 2.75) is 26.4 Å². The summed E-state index contributed by atoms with van der Waals surface area (Å²) < 4.78 is 10.7. The normalized spacial score (nSPS) is 19.3. The minimum absolute atomic E-state index is 0.0292. The van der Waals surface area contributed by atoms with Gasteiger partial charge in [-0.1, -0.05) is 6.07 Å². The van der Waals surface area contributed by atoms with Crippen LogP contribution in [0.5, 0.6) is 5.75 Å². The monoisotopic (exact) mass is 361 g/mol. The molecular formula is C18H23N3O5. The van der Waals surface area contributed by atoms with E-state index in [2.05, 4.69) is 5.32 Å². The summed E-state index contributed by atoms with van der Waals surface area (Å²) in [7, 11) is 0. The van der Waals surface area contributed by atoms with Crippen LogP contribution in [0.2, 0.25) is 0 Å². The van der Waals surface area contributed by atoms with E-state index >= 15 is 0 Å². The predicted octanol–water partition coefficient (Wildman–Crippen LogP) is 1.39. The highest BCUT2D eigenvalue weighted by molar-refractivity contribution is 6.00. The summed E-state index contributed by atoms with van der Waals surface area (Å²) in [5, 5.41) is 2.79. The second kappa shape index (κ2) is 7.63. The van der Waals surface area contributed by atoms with Crippen molar-refractivity contribution >= 4 is 23.6 Å². The van der Waals surface area contributed by atoms with E-state index in [1.807, 2.05) is 19.1 Å². The number of nitrogens with zero attached hydrogens (tertiary/aromatic N) is 2. The Balaban J connectivity index is 1.55. The first-order valence-corrected chi connectivity index (χ1v) is 8.75. The predicted molar refractivity (Wildman–Crippen MR) is 94.0 cm³/mol. The smallest absolute Gasteiger partial charge is 0.409 e. The van der Waals surface area contributed by atoms with Crippen LogP contribution < -0.4 is 10.1 Å². The Kier molecular flexibility index (Phi) is 5.29. The Morgan fingerprint density at radius 3 is 2.62 bits per heavy atom. The van der Waals surface area contributed by atoms with Gasteiger partial charge in [0.05, 0.1) is 18.7 Å². The topological polar surface area (TPSA) is 88.2 Å². The summed E-state index contributed by atoms with van der Waals surface area (Å²) >= 11 is 0. The van der Waals surface area contributed by atoms with Crippen molar-refractivity contribution in [3.8, 4) is 5.75 Å². The molecule has 0 radical (unpaired) electrons. The largest absolute Gasteiger partial charge is 0.478 e. The first kappa shape index (κ1) is 18.0. The molecule has 140 valence electrons. The lowest BCUT2D eigenvalue weighted by Crippen LogP contribution is -2.52. The number of rotatable bonds is 3. The summed E-state index contributed by atoms with van der Waals surface area (Å²) in [4.78, 5) is 39.7. The number of carbonyl (C=O) groups excluding carboxylic acids is 3. The molecule has 2 aliphatic rings. The van der Waals surface area contributed by atoms with E-state index in [0.29, 0.717) is 44.2 Å². The number of carbonyl (C=O) groups is 3. The zero-order valence-corrected chi connectivity index (χ0v) is 15.0. The Bertz CT molecular complexity index is 713. The van der Waals surface area contributed by atoms with Gasteiger partial charge in [0, 0.05) is 26.2 Å². The van der Waals surface area contributed by atoms with Gasteiger partial charge in [0.1, 0.15) is 5.75 Å². The van der Waals surface area contributed by atoms with Gasteiger partial charge in [-0.05, 0) is 31.5 Å². The van der Waals surface area contributed by atoms with Crippen molar-refractivity contribution in [2.75, 3.05) is 38.1 Å². The van der Waals surface area contributed by atoms with Gasteiger partial charge in [-0.3, -0.25) is 9.59 Å². The summed E-state index contributed by atoms with van der Waals surface area (Å²) in [5.74, 6) is 0.0889. The van der Waals surface area contributed by atoms with Crippen molar-refractivity contribution in [2.24, 2.45) is 0 Å². The van der Waals surface area contributed by atoms with Gasteiger partial charge in [0.25, 0.3) is 5.91 Å². The molecule has 1 atom stereocenters. The highest BCUT2D eigenvalue weighted by Gasteiger charge is 2.32. The van der Waals surface area contributed by atoms with Crippen molar-refractivity contribution in [3.05, 3.63) is 23.8 Å². The number of fused-ring (bicyclic) bond motifs is 1. The summed E-state index contributed by atoms with van der Waals surface area (Å²) in [6, 6.07) is 5.52. The molecule has 8 nitrogen and oxygen atoms in total. The maximum absolute atomic E-state index is 12.5. The Morgan fingerprint density at radius 2 is 1.92 bits per heavy atom. The Hall–Kier alpha value is -2.77. The van der Waals surface area contributed by atoms with E-state index in [-0.39, 0.29) is 24.3 Å². The van der Waals surface area contributed by atoms with Crippen LogP contribution in [0.25, 0.3) is 0 Å². The third kappa shape index (κ3) is 3.89. The molecule has 2 aliphatic heterocycles. The zero-order chi connectivity index (χ0) is 18.7. The van der Waals surface area contributed by atoms with Gasteiger partial charge < -0.3 is 24.6 Å².